The van der Waals surface area contributed by atoms with E-state index in [1.54, 1.807) is 0 Å². The van der Waals surface area contributed by atoms with Gasteiger partial charge in [0.15, 0.2) is 0 Å². The lowest BCUT2D eigenvalue weighted by atomic mass is 10.2. The first-order chi connectivity index (χ1) is 10.9. The third-order valence-corrected chi connectivity index (χ3v) is 2.52. The molecule has 23 heavy (non-hydrogen) atoms. The summed E-state index contributed by atoms with van der Waals surface area (Å²) in [7, 11) is 0. The highest BCUT2D eigenvalue weighted by Crippen LogP contribution is 2.22. The Kier molecular flexibility index (Phi) is 4.40. The molecule has 1 aromatic heterocycles. The SMILES string of the molecule is O=C(Nc1ccc(F)c([N+](=O)[O-])c1)Oc1ccc([N+](=O)[O-])cn1. The van der Waals surface area contributed by atoms with Crippen molar-refractivity contribution in [3.8, 4) is 5.88 Å². The first-order valence-electron chi connectivity index (χ1n) is 5.90. The quantitative estimate of drug-likeness (QED) is 0.674. The zero-order valence-electron chi connectivity index (χ0n) is 11.1. The summed E-state index contributed by atoms with van der Waals surface area (Å²) in [6.45, 7) is 0. The molecule has 2 aromatic rings. The van der Waals surface area contributed by atoms with E-state index in [2.05, 4.69) is 10.3 Å². The maximum absolute atomic E-state index is 13.2. The molecular weight excluding hydrogens is 315 g/mol. The van der Waals surface area contributed by atoms with E-state index < -0.39 is 27.4 Å². The summed E-state index contributed by atoms with van der Waals surface area (Å²) < 4.78 is 17.9. The van der Waals surface area contributed by atoms with Gasteiger partial charge in [-0.1, -0.05) is 0 Å². The molecule has 0 spiro atoms. The second-order valence-electron chi connectivity index (χ2n) is 4.05. The van der Waals surface area contributed by atoms with Crippen molar-refractivity contribution in [3.05, 3.63) is 62.6 Å². The fraction of sp³-hybridized carbons (Fsp3) is 0. The normalized spacial score (nSPS) is 9.96. The summed E-state index contributed by atoms with van der Waals surface area (Å²) in [6.07, 6.45) is -0.155. The number of carbonyl (C=O) groups is 1. The first kappa shape index (κ1) is 15.8. The Hall–Kier alpha value is -3.63. The second-order valence-corrected chi connectivity index (χ2v) is 4.05. The van der Waals surface area contributed by atoms with Crippen LogP contribution in [0, 0.1) is 26.0 Å². The Bertz CT molecular complexity index is 780. The Morgan fingerprint density at radius 1 is 1.17 bits per heavy atom. The lowest BCUT2D eigenvalue weighted by Crippen LogP contribution is -2.17. The minimum Gasteiger partial charge on any atom is -0.391 e. The smallest absolute Gasteiger partial charge is 0.391 e. The molecular formula is C12H7FN4O6. The zero-order chi connectivity index (χ0) is 17.0. The number of nitro benzene ring substituents is 1. The number of nitrogens with zero attached hydrogens (tertiary/aromatic N) is 3. The van der Waals surface area contributed by atoms with Crippen LogP contribution in [0.2, 0.25) is 0 Å². The Morgan fingerprint density at radius 2 is 1.91 bits per heavy atom. The molecule has 2 rings (SSSR count). The molecule has 11 heteroatoms. The van der Waals surface area contributed by atoms with Crippen LogP contribution in [0.15, 0.2) is 36.5 Å². The van der Waals surface area contributed by atoms with Gasteiger partial charge in [0.1, 0.15) is 6.20 Å². The molecule has 1 heterocycles. The maximum atomic E-state index is 13.2. The van der Waals surface area contributed by atoms with Gasteiger partial charge in [0.2, 0.25) is 11.7 Å². The fourth-order valence-electron chi connectivity index (χ4n) is 1.51. The molecule has 0 aliphatic rings. The first-order valence-corrected chi connectivity index (χ1v) is 5.90. The predicted octanol–water partition coefficient (Wildman–Crippen LogP) is 2.65. The van der Waals surface area contributed by atoms with Crippen molar-refractivity contribution in [2.24, 2.45) is 0 Å². The van der Waals surface area contributed by atoms with Gasteiger partial charge in [0.25, 0.3) is 5.69 Å². The summed E-state index contributed by atoms with van der Waals surface area (Å²) >= 11 is 0. The van der Waals surface area contributed by atoms with Gasteiger partial charge in [-0.2, -0.15) is 4.39 Å². The predicted molar refractivity (Wildman–Crippen MR) is 73.6 cm³/mol. The zero-order valence-corrected chi connectivity index (χ0v) is 11.1. The fourth-order valence-corrected chi connectivity index (χ4v) is 1.51. The standard InChI is InChI=1S/C12H7FN4O6/c13-9-3-1-7(5-10(9)17(21)22)15-12(18)23-11-4-2-8(6-14-11)16(19)20/h1-6H,(H,15,18). The van der Waals surface area contributed by atoms with Crippen molar-refractivity contribution in [1.82, 2.24) is 4.98 Å². The lowest BCUT2D eigenvalue weighted by Gasteiger charge is -2.05. The average molecular weight is 322 g/mol. The number of amides is 1. The van der Waals surface area contributed by atoms with Crippen molar-refractivity contribution in [3.63, 3.8) is 0 Å². The lowest BCUT2D eigenvalue weighted by molar-refractivity contribution is -0.387. The minimum atomic E-state index is -1.05. The van der Waals surface area contributed by atoms with Crippen LogP contribution in [-0.2, 0) is 0 Å². The van der Waals surface area contributed by atoms with E-state index in [1.165, 1.54) is 0 Å². The Balaban J connectivity index is 2.06. The molecule has 0 aliphatic heterocycles. The van der Waals surface area contributed by atoms with Crippen LogP contribution in [-0.4, -0.2) is 20.9 Å². The van der Waals surface area contributed by atoms with Gasteiger partial charge < -0.3 is 4.74 Å². The number of aromatic nitrogens is 1. The highest BCUT2D eigenvalue weighted by Gasteiger charge is 2.16. The number of anilines is 1. The van der Waals surface area contributed by atoms with E-state index >= 15 is 0 Å². The maximum Gasteiger partial charge on any atom is 0.418 e. The van der Waals surface area contributed by atoms with E-state index in [0.717, 1.165) is 36.5 Å². The molecule has 0 bridgehead atoms. The van der Waals surface area contributed by atoms with Gasteiger partial charge in [0, 0.05) is 18.2 Å². The monoisotopic (exact) mass is 322 g/mol. The van der Waals surface area contributed by atoms with Gasteiger partial charge in [-0.15, -0.1) is 0 Å². The summed E-state index contributed by atoms with van der Waals surface area (Å²) in [4.78, 5) is 34.6. The molecule has 0 atom stereocenters. The van der Waals surface area contributed by atoms with Gasteiger partial charge in [-0.3, -0.25) is 25.5 Å². The highest BCUT2D eigenvalue weighted by molar-refractivity contribution is 5.86. The van der Waals surface area contributed by atoms with Gasteiger partial charge >= 0.3 is 11.8 Å². The molecule has 118 valence electrons. The molecule has 1 aromatic carbocycles. The number of pyridine rings is 1. The van der Waals surface area contributed by atoms with E-state index in [0.29, 0.717) is 0 Å². The van der Waals surface area contributed by atoms with Crippen LogP contribution in [0.3, 0.4) is 0 Å². The molecule has 0 fully saturated rings. The van der Waals surface area contributed by atoms with Crippen molar-refractivity contribution in [2.75, 3.05) is 5.32 Å². The average Bonchev–Trinajstić information content (AvgIpc) is 2.49. The molecule has 0 saturated carbocycles. The van der Waals surface area contributed by atoms with Crippen LogP contribution in [0.1, 0.15) is 0 Å². The topological polar surface area (TPSA) is 138 Å². The Morgan fingerprint density at radius 3 is 2.48 bits per heavy atom. The number of nitrogens with one attached hydrogen (secondary N) is 1. The number of ether oxygens (including phenoxy) is 1. The summed E-state index contributed by atoms with van der Waals surface area (Å²) in [5.41, 5.74) is -1.16. The van der Waals surface area contributed by atoms with Crippen LogP contribution >= 0.6 is 0 Å². The van der Waals surface area contributed by atoms with Crippen LogP contribution in [0.25, 0.3) is 0 Å². The van der Waals surface area contributed by atoms with Crippen LogP contribution in [0.4, 0.5) is 26.2 Å². The molecule has 0 aliphatic carbocycles. The van der Waals surface area contributed by atoms with Crippen molar-refractivity contribution in [2.45, 2.75) is 0 Å². The number of nitro groups is 2. The number of halogens is 1. The molecule has 10 nitrogen and oxygen atoms in total. The molecule has 1 amide bonds. The van der Waals surface area contributed by atoms with Gasteiger partial charge in [-0.05, 0) is 12.1 Å². The van der Waals surface area contributed by atoms with Crippen molar-refractivity contribution in [1.29, 1.82) is 0 Å². The summed E-state index contributed by atoms with van der Waals surface area (Å²) in [6, 6.07) is 4.92. The number of hydrogen-bond acceptors (Lipinski definition) is 7. The van der Waals surface area contributed by atoms with E-state index in [9.17, 15) is 29.4 Å². The van der Waals surface area contributed by atoms with Gasteiger partial charge in [-0.25, -0.2) is 9.78 Å². The van der Waals surface area contributed by atoms with Crippen LogP contribution < -0.4 is 10.1 Å². The summed E-state index contributed by atoms with van der Waals surface area (Å²) in [5.74, 6) is -1.27. The number of rotatable bonds is 4. The number of benzene rings is 1. The van der Waals surface area contributed by atoms with E-state index in [-0.39, 0.29) is 17.3 Å². The Labute approximate surface area is 126 Å². The van der Waals surface area contributed by atoms with Crippen molar-refractivity contribution >= 4 is 23.2 Å². The summed E-state index contributed by atoms with van der Waals surface area (Å²) in [5, 5.41) is 23.2. The third-order valence-electron chi connectivity index (χ3n) is 2.52. The number of hydrogen-bond donors (Lipinski definition) is 1. The van der Waals surface area contributed by atoms with Gasteiger partial charge in [0.05, 0.1) is 15.5 Å². The molecule has 0 saturated heterocycles. The van der Waals surface area contributed by atoms with Crippen LogP contribution in [0.5, 0.6) is 5.88 Å². The molecule has 0 radical (unpaired) electrons. The second kappa shape index (κ2) is 6.43. The third kappa shape index (κ3) is 3.93. The molecule has 1 N–H and O–H groups in total. The number of carbonyl (C=O) groups excluding carboxylic acids is 1. The van der Waals surface area contributed by atoms with E-state index in [4.69, 9.17) is 4.74 Å². The largest absolute Gasteiger partial charge is 0.418 e. The minimum absolute atomic E-state index is 0.0648. The van der Waals surface area contributed by atoms with Crippen molar-refractivity contribution < 1.29 is 23.8 Å². The highest BCUT2D eigenvalue weighted by atomic mass is 19.1. The molecule has 0 unspecified atom stereocenters. The van der Waals surface area contributed by atoms with E-state index in [1.807, 2.05) is 0 Å².